The van der Waals surface area contributed by atoms with Crippen LogP contribution < -0.4 is 11.1 Å². The monoisotopic (exact) mass is 448 g/mol. The van der Waals surface area contributed by atoms with Crippen LogP contribution in [0.4, 0.5) is 19.0 Å². The van der Waals surface area contributed by atoms with Gasteiger partial charge >= 0.3 is 6.18 Å². The molecule has 5 atom stereocenters. The fourth-order valence-electron chi connectivity index (χ4n) is 5.90. The van der Waals surface area contributed by atoms with Gasteiger partial charge in [-0.3, -0.25) is 9.58 Å². The third-order valence-corrected chi connectivity index (χ3v) is 7.45. The zero-order valence-electron chi connectivity index (χ0n) is 18.7. The zero-order chi connectivity index (χ0) is 22.8. The van der Waals surface area contributed by atoms with Crippen LogP contribution in [0.1, 0.15) is 56.8 Å². The molecule has 3 fully saturated rings. The predicted molar refractivity (Wildman–Crippen MR) is 117 cm³/mol. The van der Waals surface area contributed by atoms with Gasteiger partial charge in [-0.15, -0.1) is 0 Å². The van der Waals surface area contributed by atoms with Crippen molar-refractivity contribution in [1.82, 2.24) is 25.0 Å². The molecule has 6 nitrogen and oxygen atoms in total. The van der Waals surface area contributed by atoms with Gasteiger partial charge in [0.1, 0.15) is 5.82 Å². The average molecular weight is 449 g/mol. The third kappa shape index (κ3) is 3.79. The lowest BCUT2D eigenvalue weighted by atomic mass is 10.0. The first kappa shape index (κ1) is 21.7. The quantitative estimate of drug-likeness (QED) is 0.742. The molecule has 3 heterocycles. The van der Waals surface area contributed by atoms with Gasteiger partial charge in [0.15, 0.2) is 0 Å². The molecule has 1 aliphatic heterocycles. The highest BCUT2D eigenvalue weighted by atomic mass is 19.4. The van der Waals surface area contributed by atoms with Crippen molar-refractivity contribution in [2.24, 2.45) is 11.8 Å². The van der Waals surface area contributed by atoms with E-state index in [0.29, 0.717) is 41.1 Å². The van der Waals surface area contributed by atoms with Gasteiger partial charge in [0.05, 0.1) is 11.3 Å². The van der Waals surface area contributed by atoms with E-state index in [1.165, 1.54) is 19.0 Å². The lowest BCUT2D eigenvalue weighted by Gasteiger charge is -2.37. The van der Waals surface area contributed by atoms with Gasteiger partial charge in [0.2, 0.25) is 0 Å². The lowest BCUT2D eigenvalue weighted by molar-refractivity contribution is -0.137. The van der Waals surface area contributed by atoms with E-state index in [4.69, 9.17) is 5.73 Å². The summed E-state index contributed by atoms with van der Waals surface area (Å²) in [4.78, 5) is 6.42. The van der Waals surface area contributed by atoms with E-state index >= 15 is 0 Å². The first-order chi connectivity index (χ1) is 15.1. The van der Waals surface area contributed by atoms with E-state index in [2.05, 4.69) is 41.1 Å². The Morgan fingerprint density at radius 3 is 2.53 bits per heavy atom. The standard InChI is InChI=1S/C23H31F3N6/c1-12(2)32-20(9-19(30-32)14-6-18(23(24,25)26)22(27)29-10-14)21-16-7-15(8-17(16)21)31-5-4-28-13(3)11-31/h6,9-10,12-13,15-17,21,28H,4-5,7-8,11H2,1-3H3,(H2,27,29)/t13?,15?,16-,17+,21?. The summed E-state index contributed by atoms with van der Waals surface area (Å²) in [6.07, 6.45) is -0.762. The molecule has 5 rings (SSSR count). The Bertz CT molecular complexity index is 988. The van der Waals surface area contributed by atoms with Crippen molar-refractivity contribution in [2.45, 2.75) is 63.8 Å². The summed E-state index contributed by atoms with van der Waals surface area (Å²) < 4.78 is 41.9. The number of alkyl halides is 3. The molecule has 0 bridgehead atoms. The van der Waals surface area contributed by atoms with Gasteiger partial charge in [-0.05, 0) is 57.6 Å². The van der Waals surface area contributed by atoms with Crippen molar-refractivity contribution in [3.8, 4) is 11.3 Å². The number of nitrogens with zero attached hydrogens (tertiary/aromatic N) is 4. The maximum absolute atomic E-state index is 13.3. The molecule has 9 heteroatoms. The number of fused-ring (bicyclic) bond motifs is 1. The molecule has 2 saturated carbocycles. The van der Waals surface area contributed by atoms with Crippen LogP contribution in [0.15, 0.2) is 18.3 Å². The molecule has 0 spiro atoms. The fourth-order valence-corrected chi connectivity index (χ4v) is 5.90. The average Bonchev–Trinajstić information content (AvgIpc) is 3.08. The number of rotatable bonds is 4. The first-order valence-corrected chi connectivity index (χ1v) is 11.5. The molecule has 0 aromatic carbocycles. The Balaban J connectivity index is 1.37. The molecule has 0 radical (unpaired) electrons. The Labute approximate surface area is 186 Å². The van der Waals surface area contributed by atoms with E-state index in [0.717, 1.165) is 31.4 Å². The van der Waals surface area contributed by atoms with Gasteiger partial charge in [-0.25, -0.2) is 4.98 Å². The molecule has 32 heavy (non-hydrogen) atoms. The van der Waals surface area contributed by atoms with E-state index in [9.17, 15) is 13.2 Å². The minimum Gasteiger partial charge on any atom is -0.383 e. The highest BCUT2D eigenvalue weighted by molar-refractivity contribution is 5.63. The smallest absolute Gasteiger partial charge is 0.383 e. The van der Waals surface area contributed by atoms with Gasteiger partial charge < -0.3 is 11.1 Å². The number of hydrogen-bond donors (Lipinski definition) is 2. The molecular formula is C23H31F3N6. The molecular weight excluding hydrogens is 417 g/mol. The number of hydrogen-bond acceptors (Lipinski definition) is 5. The van der Waals surface area contributed by atoms with Crippen molar-refractivity contribution in [3.63, 3.8) is 0 Å². The van der Waals surface area contributed by atoms with Gasteiger partial charge in [-0.1, -0.05) is 0 Å². The number of anilines is 1. The second-order valence-corrected chi connectivity index (χ2v) is 9.98. The lowest BCUT2D eigenvalue weighted by Crippen LogP contribution is -2.52. The predicted octanol–water partition coefficient (Wildman–Crippen LogP) is 3.91. The number of nitrogen functional groups attached to an aromatic ring is 1. The van der Waals surface area contributed by atoms with Crippen molar-refractivity contribution in [1.29, 1.82) is 0 Å². The summed E-state index contributed by atoms with van der Waals surface area (Å²) in [7, 11) is 0. The maximum atomic E-state index is 13.3. The SMILES string of the molecule is CC1CN(C2C[C@@H]3C(c4cc(-c5cnc(N)c(C(F)(F)F)c5)nn4C(C)C)[C@@H]3C2)CCN1. The molecule has 1 saturated heterocycles. The number of piperazine rings is 1. The number of nitrogens with two attached hydrogens (primary N) is 1. The minimum atomic E-state index is -4.54. The fraction of sp³-hybridized carbons (Fsp3) is 0.652. The number of nitrogens with one attached hydrogen (secondary N) is 1. The van der Waals surface area contributed by atoms with Crippen LogP contribution in [0.2, 0.25) is 0 Å². The van der Waals surface area contributed by atoms with E-state index in [-0.39, 0.29) is 6.04 Å². The van der Waals surface area contributed by atoms with Gasteiger partial charge in [0, 0.05) is 61.1 Å². The third-order valence-electron chi connectivity index (χ3n) is 7.45. The summed E-state index contributed by atoms with van der Waals surface area (Å²) in [5.41, 5.74) is 6.59. The van der Waals surface area contributed by atoms with Crippen LogP contribution in [0.5, 0.6) is 0 Å². The van der Waals surface area contributed by atoms with Crippen molar-refractivity contribution >= 4 is 5.82 Å². The van der Waals surface area contributed by atoms with Crippen LogP contribution >= 0.6 is 0 Å². The molecule has 2 aromatic rings. The largest absolute Gasteiger partial charge is 0.419 e. The zero-order valence-corrected chi connectivity index (χ0v) is 18.7. The highest BCUT2D eigenvalue weighted by Crippen LogP contribution is 2.64. The molecule has 2 aromatic heterocycles. The van der Waals surface area contributed by atoms with Crippen LogP contribution in [0, 0.1) is 11.8 Å². The van der Waals surface area contributed by atoms with Crippen LogP contribution in [0.3, 0.4) is 0 Å². The number of halogens is 3. The molecule has 174 valence electrons. The Kier molecular flexibility index (Phi) is 5.24. The summed E-state index contributed by atoms with van der Waals surface area (Å²) in [5.74, 6) is 1.22. The van der Waals surface area contributed by atoms with E-state index in [1.54, 1.807) is 0 Å². The Morgan fingerprint density at radius 1 is 1.19 bits per heavy atom. The van der Waals surface area contributed by atoms with E-state index < -0.39 is 17.6 Å². The Hall–Kier alpha value is -2.13. The van der Waals surface area contributed by atoms with E-state index in [1.807, 2.05) is 10.7 Å². The maximum Gasteiger partial charge on any atom is 0.419 e. The summed E-state index contributed by atoms with van der Waals surface area (Å²) in [6.45, 7) is 9.63. The topological polar surface area (TPSA) is 72.0 Å². The summed E-state index contributed by atoms with van der Waals surface area (Å²) >= 11 is 0. The van der Waals surface area contributed by atoms with Crippen molar-refractivity contribution in [3.05, 3.63) is 29.6 Å². The second kappa shape index (κ2) is 7.73. The first-order valence-electron chi connectivity index (χ1n) is 11.5. The van der Waals surface area contributed by atoms with Crippen LogP contribution in [0.25, 0.3) is 11.3 Å². The Morgan fingerprint density at radius 2 is 1.91 bits per heavy atom. The molecule has 3 aliphatic rings. The molecule has 2 aliphatic carbocycles. The minimum absolute atomic E-state index is 0.133. The number of pyridine rings is 1. The van der Waals surface area contributed by atoms with Gasteiger partial charge in [0.25, 0.3) is 0 Å². The molecule has 0 amide bonds. The van der Waals surface area contributed by atoms with Gasteiger partial charge in [-0.2, -0.15) is 18.3 Å². The summed E-state index contributed by atoms with van der Waals surface area (Å²) in [6, 6.07) is 4.36. The van der Waals surface area contributed by atoms with Crippen molar-refractivity contribution in [2.75, 3.05) is 25.4 Å². The molecule has 3 N–H and O–H groups in total. The summed E-state index contributed by atoms with van der Waals surface area (Å²) in [5, 5.41) is 8.20. The number of aromatic nitrogens is 3. The normalized spacial score (nSPS) is 30.7. The van der Waals surface area contributed by atoms with Crippen molar-refractivity contribution < 1.29 is 13.2 Å². The highest BCUT2D eigenvalue weighted by Gasteiger charge is 2.58. The van der Waals surface area contributed by atoms with Crippen LogP contribution in [-0.4, -0.2) is 51.4 Å². The van der Waals surface area contributed by atoms with Crippen LogP contribution in [-0.2, 0) is 6.18 Å². The second-order valence-electron chi connectivity index (χ2n) is 9.98. The molecule has 3 unspecified atom stereocenters.